The molecule has 4 aliphatic rings. The van der Waals surface area contributed by atoms with E-state index in [1.807, 2.05) is 47.3 Å². The van der Waals surface area contributed by atoms with E-state index in [0.29, 0.717) is 28.8 Å². The van der Waals surface area contributed by atoms with Crippen molar-refractivity contribution in [3.05, 3.63) is 89.4 Å². The first-order chi connectivity index (χ1) is 27.7. The van der Waals surface area contributed by atoms with Crippen molar-refractivity contribution in [1.29, 1.82) is 0 Å². The summed E-state index contributed by atoms with van der Waals surface area (Å²) in [6.07, 6.45) is 7.46. The van der Waals surface area contributed by atoms with Crippen molar-refractivity contribution in [3.8, 4) is 11.3 Å². The van der Waals surface area contributed by atoms with Gasteiger partial charge in [-0.05, 0) is 106 Å². The summed E-state index contributed by atoms with van der Waals surface area (Å²) in [6, 6.07) is 18.0. The molecule has 15 heteroatoms. The van der Waals surface area contributed by atoms with Crippen LogP contribution < -0.4 is 15.5 Å². The molecule has 4 aliphatic heterocycles. The maximum absolute atomic E-state index is 13.3. The number of anilines is 2. The van der Waals surface area contributed by atoms with E-state index < -0.39 is 29.7 Å². The molecule has 0 spiro atoms. The predicted molar refractivity (Wildman–Crippen MR) is 211 cm³/mol. The fraction of sp³-hybridized carbons (Fsp3) is 0.381. The Balaban J connectivity index is 0.753. The first-order valence-electron chi connectivity index (χ1n) is 19.8. The number of nitrogens with one attached hydrogen (secondary N) is 3. The molecule has 0 saturated carbocycles. The molecule has 9 rings (SSSR count). The van der Waals surface area contributed by atoms with Crippen molar-refractivity contribution in [2.45, 2.75) is 77.0 Å². The van der Waals surface area contributed by atoms with Crippen LogP contribution in [0.2, 0.25) is 0 Å². The van der Waals surface area contributed by atoms with Gasteiger partial charge in [0.25, 0.3) is 17.7 Å². The largest absolute Gasteiger partial charge is 0.371 e. The van der Waals surface area contributed by atoms with E-state index in [2.05, 4.69) is 42.7 Å². The lowest BCUT2D eigenvalue weighted by molar-refractivity contribution is -0.136. The van der Waals surface area contributed by atoms with E-state index in [-0.39, 0.29) is 24.3 Å². The lowest BCUT2D eigenvalue weighted by Gasteiger charge is -2.33. The highest BCUT2D eigenvalue weighted by Crippen LogP contribution is 2.33. The number of imide groups is 2. The number of H-pyrrole nitrogens is 1. The van der Waals surface area contributed by atoms with E-state index in [0.717, 1.165) is 90.7 Å². The van der Waals surface area contributed by atoms with Gasteiger partial charge in [0.15, 0.2) is 0 Å². The highest BCUT2D eigenvalue weighted by molar-refractivity contribution is 6.23. The maximum atomic E-state index is 13.3. The zero-order chi connectivity index (χ0) is 39.2. The van der Waals surface area contributed by atoms with Crippen LogP contribution in [0.25, 0.3) is 22.3 Å². The van der Waals surface area contributed by atoms with Gasteiger partial charge in [-0.1, -0.05) is 17.3 Å². The average Bonchev–Trinajstić information content (AvgIpc) is 4.01. The van der Waals surface area contributed by atoms with Crippen molar-refractivity contribution in [2.24, 2.45) is 5.92 Å². The zero-order valence-electron chi connectivity index (χ0n) is 31.7. The van der Waals surface area contributed by atoms with Crippen molar-refractivity contribution in [3.63, 3.8) is 0 Å². The topological polar surface area (TPSA) is 179 Å². The highest BCUT2D eigenvalue weighted by atomic mass is 16.2. The number of amides is 5. The van der Waals surface area contributed by atoms with E-state index in [1.165, 1.54) is 12.8 Å². The molecule has 3 N–H and O–H groups in total. The lowest BCUT2D eigenvalue weighted by atomic mass is 9.93. The summed E-state index contributed by atoms with van der Waals surface area (Å²) >= 11 is 0. The first kappa shape index (κ1) is 36.4. The summed E-state index contributed by atoms with van der Waals surface area (Å²) in [6.45, 7) is 6.49. The summed E-state index contributed by atoms with van der Waals surface area (Å²) in [5, 5.41) is 14.0. The van der Waals surface area contributed by atoms with Crippen molar-refractivity contribution in [2.75, 3.05) is 29.9 Å². The standard InChI is InChI=1S/C42H44N10O5/c1-25-3-2-17-50(25)24-37-44-33-11-8-29(21-34(33)45-37)43-39(54)28-6-4-27(5-7-28)35-23-51(48-47-35)20-16-26-14-18-49(19-15-26)30-9-10-31-32(22-30)42(57)52(41(31)56)36-12-13-38(53)46-40(36)55/h4-11,21-23,25-26,36H,2-3,12-20,24H2,1H3,(H,43,54)(H,44,45)(H,46,53,55)/t25-,36?/m0/s1. The number of likely N-dealkylation sites (tertiary alicyclic amines) is 1. The summed E-state index contributed by atoms with van der Waals surface area (Å²) in [5.74, 6) is -0.777. The number of carbonyl (C=O) groups is 5. The number of piperidine rings is 2. The molecule has 3 aromatic carbocycles. The van der Waals surface area contributed by atoms with Crippen LogP contribution in [-0.4, -0.2) is 96.0 Å². The van der Waals surface area contributed by atoms with E-state index in [1.54, 1.807) is 24.3 Å². The van der Waals surface area contributed by atoms with Gasteiger partial charge in [-0.2, -0.15) is 0 Å². The quantitative estimate of drug-likeness (QED) is 0.168. The number of hydrogen-bond acceptors (Lipinski definition) is 10. The van der Waals surface area contributed by atoms with Crippen LogP contribution in [0.4, 0.5) is 11.4 Å². The van der Waals surface area contributed by atoms with E-state index >= 15 is 0 Å². The van der Waals surface area contributed by atoms with Crippen molar-refractivity contribution in [1.82, 2.24) is 40.1 Å². The number of nitrogens with zero attached hydrogens (tertiary/aromatic N) is 7. The number of aryl methyl sites for hydroxylation is 1. The SMILES string of the molecule is C[C@H]1CCCN1Cc1nc2cc(NC(=O)c3ccc(-c4cn(CCC5CCN(c6ccc7c(c6)C(=O)N(C6CCC(=O)NC6=O)C7=O)CC5)nn4)cc3)ccc2[nH]1. The van der Waals surface area contributed by atoms with Gasteiger partial charge in [0, 0.05) is 54.6 Å². The molecule has 0 aliphatic carbocycles. The third-order valence-electron chi connectivity index (χ3n) is 12.0. The molecule has 292 valence electrons. The minimum Gasteiger partial charge on any atom is -0.371 e. The number of hydrogen-bond donors (Lipinski definition) is 3. The van der Waals surface area contributed by atoms with Crippen LogP contribution in [0, 0.1) is 5.92 Å². The molecule has 6 heterocycles. The van der Waals surface area contributed by atoms with Crippen LogP contribution in [0.3, 0.4) is 0 Å². The van der Waals surface area contributed by atoms with Gasteiger partial charge in [0.05, 0.1) is 34.9 Å². The molecule has 2 aromatic heterocycles. The van der Waals surface area contributed by atoms with Gasteiger partial charge < -0.3 is 15.2 Å². The van der Waals surface area contributed by atoms with Crippen LogP contribution in [0.5, 0.6) is 0 Å². The minimum atomic E-state index is -0.979. The van der Waals surface area contributed by atoms with Gasteiger partial charge in [0.2, 0.25) is 11.8 Å². The van der Waals surface area contributed by atoms with Crippen molar-refractivity contribution < 1.29 is 24.0 Å². The fourth-order valence-corrected chi connectivity index (χ4v) is 8.62. The number of rotatable bonds is 10. The Morgan fingerprint density at radius 1 is 0.895 bits per heavy atom. The Kier molecular flexibility index (Phi) is 9.60. The molecule has 0 radical (unpaired) electrons. The molecule has 1 unspecified atom stereocenters. The first-order valence-corrected chi connectivity index (χ1v) is 19.8. The third kappa shape index (κ3) is 7.30. The third-order valence-corrected chi connectivity index (χ3v) is 12.0. The van der Waals surface area contributed by atoms with Crippen LogP contribution in [0.15, 0.2) is 66.9 Å². The van der Waals surface area contributed by atoms with Gasteiger partial charge in [-0.15, -0.1) is 5.10 Å². The predicted octanol–water partition coefficient (Wildman–Crippen LogP) is 4.77. The van der Waals surface area contributed by atoms with Gasteiger partial charge >= 0.3 is 0 Å². The van der Waals surface area contributed by atoms with Crippen molar-refractivity contribution >= 4 is 51.9 Å². The Hall–Kier alpha value is -6.22. The summed E-state index contributed by atoms with van der Waals surface area (Å²) in [7, 11) is 0. The normalized spacial score (nSPS) is 20.4. The van der Waals surface area contributed by atoms with E-state index in [4.69, 9.17) is 4.98 Å². The number of carbonyl (C=O) groups excluding carboxylic acids is 5. The second-order valence-corrected chi connectivity index (χ2v) is 15.7. The molecule has 5 aromatic rings. The Labute approximate surface area is 328 Å². The van der Waals surface area contributed by atoms with E-state index in [9.17, 15) is 24.0 Å². The van der Waals surface area contributed by atoms with Crippen LogP contribution in [-0.2, 0) is 22.7 Å². The lowest BCUT2D eigenvalue weighted by Crippen LogP contribution is -2.54. The summed E-state index contributed by atoms with van der Waals surface area (Å²) in [5.41, 5.74) is 6.07. The molecule has 15 nitrogen and oxygen atoms in total. The molecule has 57 heavy (non-hydrogen) atoms. The molecule has 3 saturated heterocycles. The van der Waals surface area contributed by atoms with Crippen LogP contribution >= 0.6 is 0 Å². The van der Waals surface area contributed by atoms with Gasteiger partial charge in [-0.3, -0.25) is 43.8 Å². The molecule has 3 fully saturated rings. The second-order valence-electron chi connectivity index (χ2n) is 15.7. The number of benzene rings is 3. The highest BCUT2D eigenvalue weighted by Gasteiger charge is 2.44. The fourth-order valence-electron chi connectivity index (χ4n) is 8.62. The number of imidazole rings is 1. The zero-order valence-corrected chi connectivity index (χ0v) is 31.7. The molecule has 0 bridgehead atoms. The monoisotopic (exact) mass is 768 g/mol. The second kappa shape index (κ2) is 15.0. The maximum Gasteiger partial charge on any atom is 0.262 e. The van der Waals surface area contributed by atoms with Gasteiger partial charge in [0.1, 0.15) is 17.6 Å². The van der Waals surface area contributed by atoms with Crippen LogP contribution in [0.1, 0.15) is 88.8 Å². The number of fused-ring (bicyclic) bond motifs is 2. The molecule has 5 amide bonds. The Morgan fingerprint density at radius 2 is 1.70 bits per heavy atom. The Morgan fingerprint density at radius 3 is 2.47 bits per heavy atom. The smallest absolute Gasteiger partial charge is 0.262 e. The molecular weight excluding hydrogens is 725 g/mol. The van der Waals surface area contributed by atoms with Gasteiger partial charge in [-0.25, -0.2) is 4.98 Å². The molecule has 2 atom stereocenters. The molecular formula is C42H44N10O5. The summed E-state index contributed by atoms with van der Waals surface area (Å²) < 4.78 is 1.86. The summed E-state index contributed by atoms with van der Waals surface area (Å²) in [4.78, 5) is 77.4. The number of aromatic nitrogens is 5. The number of aromatic amines is 1. The Bertz CT molecular complexity index is 2400. The minimum absolute atomic E-state index is 0.0869. The average molecular weight is 769 g/mol.